The molecule has 0 amide bonds. The first kappa shape index (κ1) is 15.6. The number of carboxylic acids is 1. The molecule has 0 aliphatic heterocycles. The van der Waals surface area contributed by atoms with E-state index in [9.17, 15) is 9.90 Å². The minimum absolute atomic E-state index is 0.127. The van der Waals surface area contributed by atoms with Crippen molar-refractivity contribution in [2.45, 2.75) is 25.8 Å². The van der Waals surface area contributed by atoms with Crippen molar-refractivity contribution in [1.29, 1.82) is 5.26 Å². The summed E-state index contributed by atoms with van der Waals surface area (Å²) in [6, 6.07) is 8.96. The number of benzene rings is 1. The highest BCUT2D eigenvalue weighted by atomic mass is 16.4. The molecule has 0 aliphatic carbocycles. The van der Waals surface area contributed by atoms with E-state index in [0.717, 1.165) is 24.2 Å². The van der Waals surface area contributed by atoms with Crippen molar-refractivity contribution < 1.29 is 9.90 Å². The molecule has 2 aromatic rings. The van der Waals surface area contributed by atoms with E-state index in [2.05, 4.69) is 16.0 Å². The fourth-order valence-electron chi connectivity index (χ4n) is 2.48. The number of nitrogens with zero attached hydrogens (tertiary/aromatic N) is 3. The molecule has 1 heterocycles. The highest BCUT2D eigenvalue weighted by Crippen LogP contribution is 2.30. The van der Waals surface area contributed by atoms with Crippen LogP contribution in [0.3, 0.4) is 0 Å². The minimum Gasteiger partial charge on any atom is -0.480 e. The average molecular weight is 298 g/mol. The molecular weight excluding hydrogens is 280 g/mol. The van der Waals surface area contributed by atoms with Gasteiger partial charge in [0.2, 0.25) is 0 Å². The van der Waals surface area contributed by atoms with Gasteiger partial charge < -0.3 is 15.0 Å². The molecule has 0 bridgehead atoms. The van der Waals surface area contributed by atoms with Crippen molar-refractivity contribution >= 4 is 11.7 Å². The zero-order chi connectivity index (χ0) is 15.9. The number of aromatic amines is 1. The Morgan fingerprint density at radius 2 is 2.36 bits per heavy atom. The van der Waals surface area contributed by atoms with Crippen LogP contribution in [-0.2, 0) is 4.79 Å². The smallest absolute Gasteiger partial charge is 0.323 e. The van der Waals surface area contributed by atoms with E-state index in [-0.39, 0.29) is 12.6 Å². The highest BCUT2D eigenvalue weighted by molar-refractivity contribution is 5.74. The number of aromatic nitrogens is 2. The highest BCUT2D eigenvalue weighted by Gasteiger charge is 2.23. The SMILES string of the molecule is CCCC(c1cnc[nH]1)N(CC(=O)O)c1cccc(C#N)c1. The zero-order valence-corrected chi connectivity index (χ0v) is 12.4. The van der Waals surface area contributed by atoms with Gasteiger partial charge in [0.1, 0.15) is 6.54 Å². The van der Waals surface area contributed by atoms with E-state index in [4.69, 9.17) is 5.26 Å². The number of hydrogen-bond acceptors (Lipinski definition) is 4. The van der Waals surface area contributed by atoms with Crippen LogP contribution in [0.25, 0.3) is 0 Å². The first-order chi connectivity index (χ1) is 10.7. The zero-order valence-electron chi connectivity index (χ0n) is 12.4. The van der Waals surface area contributed by atoms with E-state index in [0.29, 0.717) is 5.56 Å². The number of imidazole rings is 1. The van der Waals surface area contributed by atoms with Crippen molar-refractivity contribution in [3.8, 4) is 6.07 Å². The second-order valence-corrected chi connectivity index (χ2v) is 5.00. The van der Waals surface area contributed by atoms with Gasteiger partial charge in [0.25, 0.3) is 0 Å². The van der Waals surface area contributed by atoms with E-state index in [1.54, 1.807) is 35.6 Å². The van der Waals surface area contributed by atoms with Crippen LogP contribution >= 0.6 is 0 Å². The molecule has 0 spiro atoms. The van der Waals surface area contributed by atoms with Gasteiger partial charge in [0.05, 0.1) is 35.9 Å². The summed E-state index contributed by atoms with van der Waals surface area (Å²) in [5, 5.41) is 18.3. The summed E-state index contributed by atoms with van der Waals surface area (Å²) in [6.45, 7) is 1.91. The van der Waals surface area contributed by atoms with Gasteiger partial charge in [-0.25, -0.2) is 4.98 Å². The molecule has 0 fully saturated rings. The second kappa shape index (κ2) is 7.27. The van der Waals surface area contributed by atoms with E-state index < -0.39 is 5.97 Å². The third kappa shape index (κ3) is 3.64. The van der Waals surface area contributed by atoms with Crippen molar-refractivity contribution in [1.82, 2.24) is 9.97 Å². The van der Waals surface area contributed by atoms with Gasteiger partial charge in [-0.1, -0.05) is 19.4 Å². The van der Waals surface area contributed by atoms with Gasteiger partial charge in [0, 0.05) is 5.69 Å². The number of nitrogens with one attached hydrogen (secondary N) is 1. The van der Waals surface area contributed by atoms with Crippen molar-refractivity contribution in [3.05, 3.63) is 48.0 Å². The Kier molecular flexibility index (Phi) is 5.15. The number of H-pyrrole nitrogens is 1. The van der Waals surface area contributed by atoms with Gasteiger partial charge in [-0.15, -0.1) is 0 Å². The lowest BCUT2D eigenvalue weighted by atomic mass is 10.1. The second-order valence-electron chi connectivity index (χ2n) is 5.00. The predicted octanol–water partition coefficient (Wildman–Crippen LogP) is 2.71. The number of nitriles is 1. The Bertz CT molecular complexity index is 661. The van der Waals surface area contributed by atoms with Gasteiger partial charge >= 0.3 is 5.97 Å². The maximum absolute atomic E-state index is 11.3. The van der Waals surface area contributed by atoms with E-state index in [1.807, 2.05) is 13.0 Å². The number of carbonyl (C=O) groups is 1. The Hall–Kier alpha value is -2.81. The third-order valence-corrected chi connectivity index (χ3v) is 3.43. The molecule has 2 N–H and O–H groups in total. The molecule has 0 radical (unpaired) electrons. The number of hydrogen-bond donors (Lipinski definition) is 2. The first-order valence-electron chi connectivity index (χ1n) is 7.12. The molecule has 1 atom stereocenters. The molecule has 0 aliphatic rings. The number of rotatable bonds is 7. The summed E-state index contributed by atoms with van der Waals surface area (Å²) >= 11 is 0. The summed E-state index contributed by atoms with van der Waals surface area (Å²) in [5.74, 6) is -0.914. The van der Waals surface area contributed by atoms with Crippen molar-refractivity contribution in [2.75, 3.05) is 11.4 Å². The van der Waals surface area contributed by atoms with Crippen LogP contribution in [0.4, 0.5) is 5.69 Å². The lowest BCUT2D eigenvalue weighted by Crippen LogP contribution is -2.34. The molecule has 1 aromatic carbocycles. The van der Waals surface area contributed by atoms with E-state index in [1.165, 1.54) is 0 Å². The van der Waals surface area contributed by atoms with Crippen LogP contribution in [0.2, 0.25) is 0 Å². The molecule has 2 rings (SSSR count). The molecule has 0 saturated heterocycles. The van der Waals surface area contributed by atoms with Gasteiger partial charge in [-0.2, -0.15) is 5.26 Å². The monoisotopic (exact) mass is 298 g/mol. The number of anilines is 1. The quantitative estimate of drug-likeness (QED) is 0.819. The summed E-state index contributed by atoms with van der Waals surface area (Å²) in [6.07, 6.45) is 4.98. The fraction of sp³-hybridized carbons (Fsp3) is 0.312. The molecule has 0 saturated carbocycles. The maximum Gasteiger partial charge on any atom is 0.323 e. The Labute approximate surface area is 129 Å². The third-order valence-electron chi connectivity index (χ3n) is 3.43. The molecule has 6 nitrogen and oxygen atoms in total. The van der Waals surface area contributed by atoms with Crippen LogP contribution in [0.5, 0.6) is 0 Å². The standard InChI is InChI=1S/C16H18N4O2/c1-2-4-15(14-9-18-11-19-14)20(10-16(21)22)13-6-3-5-12(7-13)8-17/h3,5-7,9,11,15H,2,4,10H2,1H3,(H,18,19)(H,21,22). The molecule has 6 heteroatoms. The van der Waals surface area contributed by atoms with E-state index >= 15 is 0 Å². The van der Waals surface area contributed by atoms with Crippen molar-refractivity contribution in [3.63, 3.8) is 0 Å². The maximum atomic E-state index is 11.3. The van der Waals surface area contributed by atoms with Gasteiger partial charge in [-0.3, -0.25) is 4.79 Å². The normalized spacial score (nSPS) is 11.6. The molecule has 22 heavy (non-hydrogen) atoms. The Morgan fingerprint density at radius 1 is 1.55 bits per heavy atom. The molecular formula is C16H18N4O2. The number of aliphatic carboxylic acids is 1. The molecule has 1 aromatic heterocycles. The van der Waals surface area contributed by atoms with Gasteiger partial charge in [-0.05, 0) is 24.6 Å². The molecule has 114 valence electrons. The molecule has 1 unspecified atom stereocenters. The Balaban J connectivity index is 2.42. The summed E-state index contributed by atoms with van der Waals surface area (Å²) < 4.78 is 0. The largest absolute Gasteiger partial charge is 0.480 e. The average Bonchev–Trinajstić information content (AvgIpc) is 3.04. The van der Waals surface area contributed by atoms with Crippen LogP contribution in [0.1, 0.15) is 37.1 Å². The topological polar surface area (TPSA) is 93.0 Å². The van der Waals surface area contributed by atoms with Crippen LogP contribution in [0, 0.1) is 11.3 Å². The first-order valence-corrected chi connectivity index (χ1v) is 7.12. The van der Waals surface area contributed by atoms with Crippen molar-refractivity contribution in [2.24, 2.45) is 0 Å². The Morgan fingerprint density at radius 3 is 2.95 bits per heavy atom. The van der Waals surface area contributed by atoms with Crippen LogP contribution in [0.15, 0.2) is 36.8 Å². The van der Waals surface area contributed by atoms with Gasteiger partial charge in [0.15, 0.2) is 0 Å². The summed E-state index contributed by atoms with van der Waals surface area (Å²) in [4.78, 5) is 20.2. The fourth-order valence-corrected chi connectivity index (χ4v) is 2.48. The van der Waals surface area contributed by atoms with Crippen LogP contribution in [-0.4, -0.2) is 27.6 Å². The lowest BCUT2D eigenvalue weighted by molar-refractivity contribution is -0.135. The number of carboxylic acid groups (broad SMARTS) is 1. The lowest BCUT2D eigenvalue weighted by Gasteiger charge is -2.31. The minimum atomic E-state index is -0.914. The predicted molar refractivity (Wildman–Crippen MR) is 82.4 cm³/mol. The summed E-state index contributed by atoms with van der Waals surface area (Å²) in [7, 11) is 0. The summed E-state index contributed by atoms with van der Waals surface area (Å²) in [5.41, 5.74) is 2.09. The van der Waals surface area contributed by atoms with Crippen LogP contribution < -0.4 is 4.90 Å².